The number of fused-ring (bicyclic) bond motifs is 1. The third-order valence-electron chi connectivity index (χ3n) is 11.0. The second-order valence-corrected chi connectivity index (χ2v) is 17.3. The number of carbonyl (C=O) groups excluding carboxylic acids is 4. The molecule has 3 aromatic carbocycles. The number of imide groups is 1. The number of amides is 4. The van der Waals surface area contributed by atoms with Crippen molar-refractivity contribution in [1.82, 2.24) is 40.6 Å². The van der Waals surface area contributed by atoms with Gasteiger partial charge in [0.25, 0.3) is 5.91 Å². The predicted octanol–water partition coefficient (Wildman–Crippen LogP) is 5.80. The number of unbranched alkanes of at least 4 members (excludes halogenated alkanes) is 4. The van der Waals surface area contributed by atoms with Crippen LogP contribution >= 0.6 is 11.8 Å². The van der Waals surface area contributed by atoms with Crippen LogP contribution in [0.2, 0.25) is 0 Å². The van der Waals surface area contributed by atoms with Crippen LogP contribution < -0.4 is 10.8 Å². The summed E-state index contributed by atoms with van der Waals surface area (Å²) >= 11 is 1.35. The van der Waals surface area contributed by atoms with Crippen LogP contribution in [0.4, 0.5) is 0 Å². The summed E-state index contributed by atoms with van der Waals surface area (Å²) in [5.74, 6) is -1.71. The van der Waals surface area contributed by atoms with Gasteiger partial charge in [-0.25, -0.2) is 5.48 Å². The molecule has 0 aliphatic carbocycles. The number of aliphatic hydroxyl groups excluding tert-OH is 1. The Morgan fingerprint density at radius 3 is 2.45 bits per heavy atom. The molecule has 17 heteroatoms. The second kappa shape index (κ2) is 25.4. The van der Waals surface area contributed by atoms with E-state index in [4.69, 9.17) is 9.94 Å². The third kappa shape index (κ3) is 15.8. The summed E-state index contributed by atoms with van der Waals surface area (Å²) in [7, 11) is 0. The second-order valence-electron chi connectivity index (χ2n) is 16.0. The zero-order chi connectivity index (χ0) is 45.8. The average molecular weight is 907 g/mol. The lowest BCUT2D eigenvalue weighted by Crippen LogP contribution is -2.32. The summed E-state index contributed by atoms with van der Waals surface area (Å²) < 4.78 is 1.69. The van der Waals surface area contributed by atoms with E-state index in [1.807, 2.05) is 60.7 Å². The minimum absolute atomic E-state index is 0.0799. The Morgan fingerprint density at radius 1 is 0.908 bits per heavy atom. The van der Waals surface area contributed by atoms with Crippen LogP contribution in [0.5, 0.6) is 0 Å². The van der Waals surface area contributed by atoms with Crippen LogP contribution in [0.1, 0.15) is 85.7 Å². The molecule has 16 nitrogen and oxygen atoms in total. The highest BCUT2D eigenvalue weighted by molar-refractivity contribution is 8.00. The summed E-state index contributed by atoms with van der Waals surface area (Å²) in [5, 5.41) is 30.1. The van der Waals surface area contributed by atoms with Crippen molar-refractivity contribution < 1.29 is 39.0 Å². The van der Waals surface area contributed by atoms with E-state index in [0.717, 1.165) is 52.9 Å². The summed E-state index contributed by atoms with van der Waals surface area (Å²) in [6, 6.07) is 23.6. The number of rotatable bonds is 28. The van der Waals surface area contributed by atoms with Crippen molar-refractivity contribution in [3.05, 3.63) is 119 Å². The van der Waals surface area contributed by atoms with Gasteiger partial charge in [0.15, 0.2) is 0 Å². The SMILES string of the molecule is O=C(O)CCCCCn1cc(CNC(=O)CCCCCN2C(=O)CC(Sc3ccc(CONC(=O)/C=C/c4ccc(CN(CCO)CCc5c[nH]c6ccccc56)cc4)cc3)C2=O)nn1. The topological polar surface area (TPSA) is 212 Å². The number of aliphatic hydroxyl groups is 1. The van der Waals surface area contributed by atoms with Gasteiger partial charge >= 0.3 is 5.97 Å². The van der Waals surface area contributed by atoms with Gasteiger partial charge < -0.3 is 20.5 Å². The first-order valence-corrected chi connectivity index (χ1v) is 23.1. The fourth-order valence-electron chi connectivity index (χ4n) is 7.49. The average Bonchev–Trinajstić information content (AvgIpc) is 4.01. The molecule has 0 radical (unpaired) electrons. The van der Waals surface area contributed by atoms with Gasteiger partial charge in [0.1, 0.15) is 5.69 Å². The molecule has 3 heterocycles. The zero-order valence-corrected chi connectivity index (χ0v) is 37.3. The lowest BCUT2D eigenvalue weighted by Gasteiger charge is -2.21. The largest absolute Gasteiger partial charge is 0.481 e. The van der Waals surface area contributed by atoms with E-state index in [2.05, 4.69) is 49.3 Å². The molecule has 1 atom stereocenters. The van der Waals surface area contributed by atoms with Crippen LogP contribution in [0.3, 0.4) is 0 Å². The Balaban J connectivity index is 0.819. The number of carboxylic acid groups (broad SMARTS) is 1. The molecule has 5 aromatic rings. The third-order valence-corrected chi connectivity index (χ3v) is 12.2. The highest BCUT2D eigenvalue weighted by Gasteiger charge is 2.38. The number of thioether (sulfide) groups is 1. The molecule has 1 aliphatic rings. The maximum absolute atomic E-state index is 13.1. The molecule has 0 saturated carbocycles. The molecule has 0 bridgehead atoms. The number of para-hydroxylation sites is 1. The lowest BCUT2D eigenvalue weighted by atomic mass is 10.1. The Kier molecular flexibility index (Phi) is 18.9. The van der Waals surface area contributed by atoms with Gasteiger partial charge in [0, 0.05) is 80.1 Å². The Labute approximate surface area is 382 Å². The van der Waals surface area contributed by atoms with E-state index in [9.17, 15) is 29.1 Å². The molecule has 6 rings (SSSR count). The van der Waals surface area contributed by atoms with E-state index in [-0.39, 0.29) is 50.3 Å². The maximum Gasteiger partial charge on any atom is 0.303 e. The zero-order valence-electron chi connectivity index (χ0n) is 36.5. The highest BCUT2D eigenvalue weighted by atomic mass is 32.2. The van der Waals surface area contributed by atoms with Gasteiger partial charge in [-0.1, -0.05) is 72.7 Å². The number of hydrogen-bond donors (Lipinski definition) is 5. The van der Waals surface area contributed by atoms with Crippen molar-refractivity contribution in [2.75, 3.05) is 26.2 Å². The molecule has 5 N–H and O–H groups in total. The molecule has 2 aromatic heterocycles. The first-order chi connectivity index (χ1) is 31.6. The number of H-pyrrole nitrogens is 1. The number of nitrogens with zero attached hydrogens (tertiary/aromatic N) is 5. The predicted molar refractivity (Wildman–Crippen MR) is 247 cm³/mol. The quantitative estimate of drug-likeness (QED) is 0.0175. The molecule has 1 saturated heterocycles. The molecular formula is C48H58N8O8S. The normalized spacial score (nSPS) is 14.0. The Bertz CT molecular complexity index is 2360. The Morgan fingerprint density at radius 2 is 1.66 bits per heavy atom. The summed E-state index contributed by atoms with van der Waals surface area (Å²) in [4.78, 5) is 74.4. The van der Waals surface area contributed by atoms with E-state index in [0.29, 0.717) is 64.0 Å². The number of aliphatic carboxylic acids is 1. The van der Waals surface area contributed by atoms with Gasteiger partial charge in [-0.05, 0) is 78.6 Å². The first kappa shape index (κ1) is 48.3. The molecule has 1 aliphatic heterocycles. The Hall–Kier alpha value is -6.14. The molecule has 0 spiro atoms. The summed E-state index contributed by atoms with van der Waals surface area (Å²) in [5.41, 5.74) is 8.26. The van der Waals surface area contributed by atoms with Gasteiger partial charge in [0.05, 0.1) is 31.2 Å². The molecule has 1 fully saturated rings. The number of aryl methyl sites for hydroxylation is 1. The number of aromatic amines is 1. The number of benzene rings is 3. The van der Waals surface area contributed by atoms with Crippen molar-refractivity contribution in [3.8, 4) is 0 Å². The van der Waals surface area contributed by atoms with Crippen LogP contribution in [0.25, 0.3) is 17.0 Å². The van der Waals surface area contributed by atoms with Crippen molar-refractivity contribution in [3.63, 3.8) is 0 Å². The molecule has 65 heavy (non-hydrogen) atoms. The van der Waals surface area contributed by atoms with E-state index in [1.165, 1.54) is 33.7 Å². The number of carboxylic acids is 1. The number of likely N-dealkylation sites (tertiary alicyclic amines) is 1. The molecule has 344 valence electrons. The number of hydroxylamine groups is 1. The fourth-order valence-corrected chi connectivity index (χ4v) is 8.57. The number of nitrogens with one attached hydrogen (secondary N) is 3. The van der Waals surface area contributed by atoms with Crippen LogP contribution in [-0.2, 0) is 61.5 Å². The number of hydrogen-bond acceptors (Lipinski definition) is 11. The maximum atomic E-state index is 13.1. The summed E-state index contributed by atoms with van der Waals surface area (Å²) in [6.07, 6.45) is 12.6. The van der Waals surface area contributed by atoms with Crippen molar-refractivity contribution in [2.45, 2.75) is 101 Å². The highest BCUT2D eigenvalue weighted by Crippen LogP contribution is 2.32. The standard InChI is InChI=1S/C48H58N8O8S/c57-28-27-54(26-23-38-30-49-42-10-6-5-9-41(38)42)32-36-15-13-35(14-16-36)19-22-45(59)52-64-34-37-17-20-40(21-18-37)65-43-29-46(60)56(48(43)63)25-8-1-3-11-44(58)50-31-39-33-55(53-51-39)24-7-2-4-12-47(61)62/h5-6,9-10,13-22,30,33,43,49,57H,1-4,7-8,11-12,23-29,31-32,34H2,(H,50,58)(H,52,59)(H,61,62)/b22-19+. The lowest BCUT2D eigenvalue weighted by molar-refractivity contribution is -0.139. The van der Waals surface area contributed by atoms with Gasteiger partial charge in [-0.3, -0.25) is 43.3 Å². The fraction of sp³-hybridized carbons (Fsp3) is 0.396. The van der Waals surface area contributed by atoms with Gasteiger partial charge in [-0.2, -0.15) is 0 Å². The summed E-state index contributed by atoms with van der Waals surface area (Å²) in [6.45, 7) is 3.52. The van der Waals surface area contributed by atoms with Crippen LogP contribution in [0.15, 0.2) is 96.2 Å². The van der Waals surface area contributed by atoms with E-state index < -0.39 is 17.1 Å². The van der Waals surface area contributed by atoms with Gasteiger partial charge in [0.2, 0.25) is 17.7 Å². The van der Waals surface area contributed by atoms with Crippen molar-refractivity contribution >= 4 is 58.3 Å². The van der Waals surface area contributed by atoms with Crippen LogP contribution in [-0.4, -0.2) is 101 Å². The van der Waals surface area contributed by atoms with E-state index in [1.54, 1.807) is 17.0 Å². The van der Waals surface area contributed by atoms with Gasteiger partial charge in [-0.15, -0.1) is 16.9 Å². The number of carbonyl (C=O) groups is 5. The minimum atomic E-state index is -0.795. The monoisotopic (exact) mass is 906 g/mol. The smallest absolute Gasteiger partial charge is 0.303 e. The van der Waals surface area contributed by atoms with Crippen molar-refractivity contribution in [1.29, 1.82) is 0 Å². The molecule has 4 amide bonds. The first-order valence-electron chi connectivity index (χ1n) is 22.2. The van der Waals surface area contributed by atoms with Crippen LogP contribution in [0, 0.1) is 0 Å². The van der Waals surface area contributed by atoms with Crippen molar-refractivity contribution in [2.24, 2.45) is 0 Å². The van der Waals surface area contributed by atoms with E-state index >= 15 is 0 Å². The number of aromatic nitrogens is 4. The molecular weight excluding hydrogens is 849 g/mol. The molecule has 1 unspecified atom stereocenters. The minimum Gasteiger partial charge on any atom is -0.481 e.